The number of rotatable bonds is 7. The molecule has 6 nitrogen and oxygen atoms in total. The van der Waals surface area contributed by atoms with E-state index in [1.807, 2.05) is 0 Å². The van der Waals surface area contributed by atoms with Crippen molar-refractivity contribution in [3.05, 3.63) is 85.8 Å². The molecule has 0 bridgehead atoms. The molecule has 37 heavy (non-hydrogen) atoms. The van der Waals surface area contributed by atoms with Gasteiger partial charge in [0, 0.05) is 29.8 Å². The van der Waals surface area contributed by atoms with Crippen molar-refractivity contribution < 1.29 is 31.5 Å². The van der Waals surface area contributed by atoms with Crippen LogP contribution in [0.25, 0.3) is 11.4 Å². The summed E-state index contributed by atoms with van der Waals surface area (Å²) in [6.45, 7) is 1.23. The Kier molecular flexibility index (Phi) is 7.65. The number of nitrogens with one attached hydrogen (secondary N) is 2. The van der Waals surface area contributed by atoms with Crippen LogP contribution in [0, 0.1) is 24.5 Å². The predicted molar refractivity (Wildman–Crippen MR) is 125 cm³/mol. The summed E-state index contributed by atoms with van der Waals surface area (Å²) >= 11 is 5.74. The highest BCUT2D eigenvalue weighted by atomic mass is 35.5. The lowest BCUT2D eigenvalue weighted by atomic mass is 9.81. The standard InChI is InChI=1S/C25H21ClF5N3O3/c1-12-6-20(35)34-23(33-12)21-17(25(29,30)31)4-3-14(22(21)28)10-32-24(36)15-8-16(9-15)37-11-13-2-5-19(27)18(26)7-13/h2-7,15-16H,8-11H2,1H3,(H,32,36)(H,33,34,35). The van der Waals surface area contributed by atoms with Gasteiger partial charge in [0.2, 0.25) is 5.91 Å². The third-order valence-corrected chi connectivity index (χ3v) is 6.31. The summed E-state index contributed by atoms with van der Waals surface area (Å²) in [5.41, 5.74) is -2.31. The number of aryl methyl sites for hydroxylation is 1. The van der Waals surface area contributed by atoms with Gasteiger partial charge in [0.1, 0.15) is 17.5 Å². The highest BCUT2D eigenvalue weighted by molar-refractivity contribution is 6.30. The fourth-order valence-corrected chi connectivity index (χ4v) is 4.21. The van der Waals surface area contributed by atoms with E-state index in [1.165, 1.54) is 19.1 Å². The molecular weight excluding hydrogens is 521 g/mol. The molecule has 1 heterocycles. The highest BCUT2D eigenvalue weighted by Crippen LogP contribution is 2.38. The van der Waals surface area contributed by atoms with Gasteiger partial charge in [0.15, 0.2) is 0 Å². The van der Waals surface area contributed by atoms with Gasteiger partial charge in [-0.15, -0.1) is 0 Å². The van der Waals surface area contributed by atoms with E-state index in [-0.39, 0.29) is 35.5 Å². The maximum Gasteiger partial charge on any atom is 0.417 e. The Morgan fingerprint density at radius 2 is 1.92 bits per heavy atom. The summed E-state index contributed by atoms with van der Waals surface area (Å²) in [5, 5.41) is 2.52. The molecule has 2 aromatic carbocycles. The van der Waals surface area contributed by atoms with E-state index in [0.717, 1.165) is 12.1 Å². The third-order valence-electron chi connectivity index (χ3n) is 6.02. The summed E-state index contributed by atoms with van der Waals surface area (Å²) in [6.07, 6.45) is -4.31. The van der Waals surface area contributed by atoms with E-state index in [1.54, 1.807) is 6.07 Å². The molecule has 0 spiro atoms. The number of nitrogens with zero attached hydrogens (tertiary/aromatic N) is 1. The minimum atomic E-state index is -4.90. The smallest absolute Gasteiger partial charge is 0.373 e. The minimum Gasteiger partial charge on any atom is -0.373 e. The number of carbonyl (C=O) groups excluding carboxylic acids is 1. The van der Waals surface area contributed by atoms with Crippen LogP contribution in [0.3, 0.4) is 0 Å². The Morgan fingerprint density at radius 1 is 1.19 bits per heavy atom. The number of ether oxygens (including phenoxy) is 1. The number of halogens is 6. The van der Waals surface area contributed by atoms with Crippen molar-refractivity contribution >= 4 is 17.5 Å². The van der Waals surface area contributed by atoms with E-state index in [0.29, 0.717) is 24.5 Å². The van der Waals surface area contributed by atoms with Gasteiger partial charge in [0.25, 0.3) is 5.56 Å². The monoisotopic (exact) mass is 541 g/mol. The average Bonchev–Trinajstić information content (AvgIpc) is 2.77. The normalized spacial score (nSPS) is 17.4. The molecule has 0 atom stereocenters. The van der Waals surface area contributed by atoms with Crippen molar-refractivity contribution in [3.8, 4) is 11.4 Å². The van der Waals surface area contributed by atoms with Gasteiger partial charge in [-0.2, -0.15) is 13.2 Å². The van der Waals surface area contributed by atoms with Gasteiger partial charge >= 0.3 is 6.18 Å². The second-order valence-corrected chi connectivity index (χ2v) is 9.17. The van der Waals surface area contributed by atoms with Crippen LogP contribution in [-0.2, 0) is 28.9 Å². The van der Waals surface area contributed by atoms with Crippen molar-refractivity contribution in [1.29, 1.82) is 0 Å². The van der Waals surface area contributed by atoms with Crippen molar-refractivity contribution in [3.63, 3.8) is 0 Å². The molecule has 4 rings (SSSR count). The number of carbonyl (C=O) groups is 1. The van der Waals surface area contributed by atoms with Gasteiger partial charge < -0.3 is 15.0 Å². The summed E-state index contributed by atoms with van der Waals surface area (Å²) in [5.74, 6) is -3.13. The first-order chi connectivity index (χ1) is 17.4. The van der Waals surface area contributed by atoms with Crippen LogP contribution >= 0.6 is 11.6 Å². The number of aromatic amines is 1. The molecule has 3 aromatic rings. The number of benzene rings is 2. The topological polar surface area (TPSA) is 84.1 Å². The summed E-state index contributed by atoms with van der Waals surface area (Å²) in [6, 6.07) is 6.93. The predicted octanol–water partition coefficient (Wildman–Crippen LogP) is 5.31. The summed E-state index contributed by atoms with van der Waals surface area (Å²) in [7, 11) is 0. The van der Waals surface area contributed by atoms with E-state index < -0.39 is 52.1 Å². The van der Waals surface area contributed by atoms with Crippen LogP contribution < -0.4 is 10.9 Å². The van der Waals surface area contributed by atoms with Crippen molar-refractivity contribution in [2.24, 2.45) is 5.92 Å². The molecule has 0 radical (unpaired) electrons. The molecule has 1 aliphatic carbocycles. The SMILES string of the molecule is Cc1cc(=O)[nH]c(-c2c(C(F)(F)F)ccc(CNC(=O)C3CC(OCc4ccc(F)c(Cl)c4)C3)c2F)n1. The third kappa shape index (κ3) is 6.16. The fraction of sp³-hybridized carbons (Fsp3) is 0.320. The quantitative estimate of drug-likeness (QED) is 0.397. The van der Waals surface area contributed by atoms with E-state index in [2.05, 4.69) is 15.3 Å². The molecule has 0 aliphatic heterocycles. The van der Waals surface area contributed by atoms with Crippen LogP contribution in [0.1, 0.15) is 35.2 Å². The molecule has 1 aliphatic rings. The van der Waals surface area contributed by atoms with E-state index in [9.17, 15) is 27.2 Å². The molecule has 1 saturated carbocycles. The van der Waals surface area contributed by atoms with Gasteiger partial charge in [-0.25, -0.2) is 13.8 Å². The first-order valence-corrected chi connectivity index (χ1v) is 11.6. The number of hydrogen-bond acceptors (Lipinski definition) is 4. The van der Waals surface area contributed by atoms with Crippen LogP contribution in [0.4, 0.5) is 22.0 Å². The second-order valence-electron chi connectivity index (χ2n) is 8.76. The summed E-state index contributed by atoms with van der Waals surface area (Å²) in [4.78, 5) is 30.3. The molecule has 0 unspecified atom stereocenters. The Balaban J connectivity index is 1.40. The molecule has 1 fully saturated rings. The van der Waals surface area contributed by atoms with Crippen LogP contribution in [0.15, 0.2) is 41.2 Å². The highest BCUT2D eigenvalue weighted by Gasteiger charge is 2.37. The van der Waals surface area contributed by atoms with Crippen molar-refractivity contribution in [1.82, 2.24) is 15.3 Å². The van der Waals surface area contributed by atoms with Gasteiger partial charge in [-0.1, -0.05) is 23.7 Å². The number of H-pyrrole nitrogens is 1. The lowest BCUT2D eigenvalue weighted by Crippen LogP contribution is -2.42. The molecule has 12 heteroatoms. The number of hydrogen-bond donors (Lipinski definition) is 2. The van der Waals surface area contributed by atoms with E-state index >= 15 is 4.39 Å². The maximum atomic E-state index is 15.3. The average molecular weight is 542 g/mol. The van der Waals surface area contributed by atoms with Crippen LogP contribution in [0.5, 0.6) is 0 Å². The molecule has 1 aromatic heterocycles. The second kappa shape index (κ2) is 10.6. The van der Waals surface area contributed by atoms with Crippen molar-refractivity contribution in [2.75, 3.05) is 0 Å². The zero-order valence-electron chi connectivity index (χ0n) is 19.4. The van der Waals surface area contributed by atoms with Gasteiger partial charge in [-0.3, -0.25) is 9.59 Å². The Morgan fingerprint density at radius 3 is 2.57 bits per heavy atom. The molecular formula is C25H21ClF5N3O3. The van der Waals surface area contributed by atoms with Crippen LogP contribution in [0.2, 0.25) is 5.02 Å². The van der Waals surface area contributed by atoms with Gasteiger partial charge in [-0.05, 0) is 43.5 Å². The lowest BCUT2D eigenvalue weighted by Gasteiger charge is -2.34. The fourth-order valence-electron chi connectivity index (χ4n) is 4.01. The molecule has 196 valence electrons. The number of alkyl halides is 3. The van der Waals surface area contributed by atoms with E-state index in [4.69, 9.17) is 16.3 Å². The molecule has 1 amide bonds. The summed E-state index contributed by atoms with van der Waals surface area (Å²) < 4.78 is 74.9. The first kappa shape index (κ1) is 26.7. The maximum absolute atomic E-state index is 15.3. The van der Waals surface area contributed by atoms with Crippen molar-refractivity contribution in [2.45, 2.75) is 45.2 Å². The van der Waals surface area contributed by atoms with Crippen LogP contribution in [-0.4, -0.2) is 22.0 Å². The zero-order chi connectivity index (χ0) is 26.9. The largest absolute Gasteiger partial charge is 0.417 e. The minimum absolute atomic E-state index is 0.0184. The van der Waals surface area contributed by atoms with Gasteiger partial charge in [0.05, 0.1) is 28.9 Å². The zero-order valence-corrected chi connectivity index (χ0v) is 20.1. The Hall–Kier alpha value is -3.31. The molecule has 2 N–H and O–H groups in total. The lowest BCUT2D eigenvalue weighted by molar-refractivity contribution is -0.137. The first-order valence-electron chi connectivity index (χ1n) is 11.2. The Labute approximate surface area is 212 Å². The Bertz CT molecular complexity index is 1390. The number of aromatic nitrogens is 2. The molecule has 0 saturated heterocycles. The number of amides is 1.